The van der Waals surface area contributed by atoms with E-state index in [1.54, 1.807) is 21.1 Å². The number of nitrogens with two attached hydrogens (primary N) is 1. The predicted molar refractivity (Wildman–Crippen MR) is 220 cm³/mol. The van der Waals surface area contributed by atoms with E-state index in [0.717, 1.165) is 12.1 Å². The summed E-state index contributed by atoms with van der Waals surface area (Å²) < 4.78 is 79.0. The number of benzene rings is 1. The van der Waals surface area contributed by atoms with Crippen LogP contribution < -0.4 is 11.2 Å². The van der Waals surface area contributed by atoms with Crippen molar-refractivity contribution in [1.29, 1.82) is 0 Å². The molecular formula is C36H46F2N14O13OsS. The summed E-state index contributed by atoms with van der Waals surface area (Å²) in [6, 6.07) is 3.09. The third-order valence-corrected chi connectivity index (χ3v) is 14.0. The monoisotopic (exact) mass is 1140 g/mol. The van der Waals surface area contributed by atoms with Gasteiger partial charge < -0.3 is 15.2 Å². The minimum absolute atomic E-state index is 0.0185. The molecule has 4 aromatic rings. The molecule has 4 saturated heterocycles. The van der Waals surface area contributed by atoms with Crippen molar-refractivity contribution in [1.82, 2.24) is 39.1 Å². The number of alkyl halides is 2. The zero-order chi connectivity index (χ0) is 48.9. The Morgan fingerprint density at radius 3 is 1.55 bits per heavy atom. The molecule has 366 valence electrons. The molecule has 4 aliphatic rings. The first-order chi connectivity index (χ1) is 31.8. The molecule has 8 rings (SSSR count). The van der Waals surface area contributed by atoms with Crippen LogP contribution in [0, 0.1) is 40.5 Å². The third-order valence-electron chi connectivity index (χ3n) is 11.7. The third kappa shape index (κ3) is 11.4. The maximum atomic E-state index is 13.9. The SMILES string of the molecule is Cn1ncc([N+](=O)[O-])c1C1CC[C@@H](N)[C@H](F)CO1.Cn1ncc([N+](=O)[O-])c1C1CC[C@@H](N[N]=[Os])[C@H](F)CO1.Cn1ncc([N+](=O)[O-])c1C1CC[C@@H]2[C@H](CO1)N2S(=O)(=O)c1ccc([N+](=O)[O-])cc1. The smallest absolute Gasteiger partial charge is 0.312 e. The summed E-state index contributed by atoms with van der Waals surface area (Å²) in [5.74, 6) is 0. The Labute approximate surface area is 389 Å². The number of hydrogen-bond donors (Lipinski definition) is 2. The van der Waals surface area contributed by atoms with Crippen LogP contribution in [0.25, 0.3) is 0 Å². The average molecular weight is 1140 g/mol. The molecule has 0 spiro atoms. The fourth-order valence-corrected chi connectivity index (χ4v) is 10.5. The molecule has 27 nitrogen and oxygen atoms in total. The first kappa shape index (κ1) is 50.9. The molecule has 1 aromatic carbocycles. The van der Waals surface area contributed by atoms with Gasteiger partial charge in [-0.15, -0.1) is 0 Å². The topological polar surface area (TPSA) is 341 Å². The fourth-order valence-electron chi connectivity index (χ4n) is 8.21. The van der Waals surface area contributed by atoms with Crippen molar-refractivity contribution in [2.75, 3.05) is 19.8 Å². The number of non-ortho nitro benzene ring substituents is 1. The van der Waals surface area contributed by atoms with Crippen LogP contribution in [0.3, 0.4) is 0 Å². The summed E-state index contributed by atoms with van der Waals surface area (Å²) in [5.41, 5.74) is 8.93. The van der Waals surface area contributed by atoms with Crippen LogP contribution in [0.15, 0.2) is 51.5 Å². The fraction of sp³-hybridized carbons (Fsp3) is 0.583. The second-order valence-electron chi connectivity index (χ2n) is 15.8. The number of rotatable bonds is 11. The number of halogens is 2. The number of nitrogens with zero attached hydrogens (tertiary/aromatic N) is 12. The van der Waals surface area contributed by atoms with Crippen LogP contribution in [0.5, 0.6) is 0 Å². The van der Waals surface area contributed by atoms with Gasteiger partial charge in [0.05, 0.1) is 38.9 Å². The summed E-state index contributed by atoms with van der Waals surface area (Å²) >= 11 is 1.35. The van der Waals surface area contributed by atoms with Gasteiger partial charge in [-0.05, 0) is 37.8 Å². The van der Waals surface area contributed by atoms with Crippen molar-refractivity contribution in [3.8, 4) is 0 Å². The summed E-state index contributed by atoms with van der Waals surface area (Å²) in [6.07, 6.45) is 2.21. The van der Waals surface area contributed by atoms with Crippen LogP contribution in [0.2, 0.25) is 0 Å². The van der Waals surface area contributed by atoms with Crippen molar-refractivity contribution < 1.29 is 69.5 Å². The minimum Gasteiger partial charge on any atom is -0.370 e. The van der Waals surface area contributed by atoms with Crippen molar-refractivity contribution >= 4 is 32.8 Å². The van der Waals surface area contributed by atoms with Gasteiger partial charge in [0.15, 0.2) is 0 Å². The Morgan fingerprint density at radius 2 is 1.10 bits per heavy atom. The molecule has 4 aliphatic heterocycles. The Bertz CT molecular complexity index is 2540. The van der Waals surface area contributed by atoms with E-state index in [1.807, 2.05) is 0 Å². The van der Waals surface area contributed by atoms with Crippen LogP contribution in [0.4, 0.5) is 31.5 Å². The van der Waals surface area contributed by atoms with Gasteiger partial charge in [-0.1, -0.05) is 0 Å². The van der Waals surface area contributed by atoms with Crippen molar-refractivity contribution in [3.05, 3.63) is 100 Å². The molecule has 67 heavy (non-hydrogen) atoms. The van der Waals surface area contributed by atoms with Crippen molar-refractivity contribution in [2.24, 2.45) is 30.6 Å². The molecule has 4 fully saturated rings. The molecule has 4 unspecified atom stereocenters. The molecular weight excluding hydrogens is 1100 g/mol. The molecule has 3 aromatic heterocycles. The van der Waals surface area contributed by atoms with Crippen LogP contribution in [-0.2, 0) is 63.8 Å². The number of nitro groups is 4. The average Bonchev–Trinajstić information content (AvgIpc) is 3.66. The molecule has 0 aliphatic carbocycles. The van der Waals surface area contributed by atoms with E-state index in [4.69, 9.17) is 19.9 Å². The second-order valence-corrected chi connectivity index (χ2v) is 18.2. The first-order valence-corrected chi connectivity index (χ1v) is 23.0. The second kappa shape index (κ2) is 21.6. The Kier molecular flexibility index (Phi) is 16.4. The van der Waals surface area contributed by atoms with Gasteiger partial charge in [0.1, 0.15) is 42.2 Å². The zero-order valence-electron chi connectivity index (χ0n) is 35.9. The van der Waals surface area contributed by atoms with Crippen molar-refractivity contribution in [2.45, 2.75) is 98.2 Å². The Balaban J connectivity index is 0.000000172. The maximum Gasteiger partial charge on any atom is 0.312 e. The van der Waals surface area contributed by atoms with Gasteiger partial charge in [0.2, 0.25) is 10.0 Å². The van der Waals surface area contributed by atoms with Crippen molar-refractivity contribution in [3.63, 3.8) is 0 Å². The molecule has 31 heteroatoms. The molecule has 3 N–H and O–H groups in total. The molecule has 0 saturated carbocycles. The normalized spacial score (nSPS) is 27.3. The van der Waals surface area contributed by atoms with Gasteiger partial charge in [-0.2, -0.15) is 14.5 Å². The largest absolute Gasteiger partial charge is 0.370 e. The number of fused-ring (bicyclic) bond motifs is 1. The van der Waals surface area contributed by atoms with Gasteiger partial charge in [-0.3, -0.25) is 39.7 Å². The number of hydrogen-bond acceptors (Lipinski definition) is 19. The number of aromatic nitrogens is 6. The number of sulfonamides is 1. The maximum absolute atomic E-state index is 13.9. The number of aryl methyl sites for hydroxylation is 3. The van der Waals surface area contributed by atoms with Gasteiger partial charge in [0, 0.05) is 38.3 Å². The quantitative estimate of drug-likeness (QED) is 0.123. The summed E-state index contributed by atoms with van der Waals surface area (Å²) in [7, 11) is 1.01. The van der Waals surface area contributed by atoms with Gasteiger partial charge >= 0.3 is 135 Å². The van der Waals surface area contributed by atoms with Gasteiger partial charge in [-0.25, -0.2) is 12.8 Å². The number of nitro benzene ring substituents is 1. The van der Waals surface area contributed by atoms with Crippen LogP contribution >= 0.6 is 0 Å². The Hall–Kier alpha value is -5.54. The Morgan fingerprint density at radius 1 is 0.672 bits per heavy atom. The van der Waals surface area contributed by atoms with E-state index in [1.165, 1.54) is 67.5 Å². The van der Waals surface area contributed by atoms with E-state index in [-0.39, 0.29) is 59.5 Å². The predicted octanol–water partition coefficient (Wildman–Crippen LogP) is 3.50. The first-order valence-electron chi connectivity index (χ1n) is 20.5. The zero-order valence-corrected chi connectivity index (χ0v) is 39.2. The summed E-state index contributed by atoms with van der Waals surface area (Å²) in [4.78, 5) is 41.7. The molecule has 0 amide bonds. The number of nitrogens with one attached hydrogen (secondary N) is 1. The van der Waals surface area contributed by atoms with Crippen LogP contribution in [0.1, 0.15) is 73.9 Å². The minimum atomic E-state index is -3.80. The molecule has 0 bridgehead atoms. The molecule has 0 radical (unpaired) electrons. The van der Waals surface area contributed by atoms with E-state index in [9.17, 15) is 57.7 Å². The summed E-state index contributed by atoms with van der Waals surface area (Å²) in [5, 5.41) is 55.5. The van der Waals surface area contributed by atoms with E-state index < -0.39 is 72.5 Å². The van der Waals surface area contributed by atoms with Crippen LogP contribution in [-0.4, -0.2) is 118 Å². The van der Waals surface area contributed by atoms with E-state index in [2.05, 4.69) is 24.5 Å². The summed E-state index contributed by atoms with van der Waals surface area (Å²) in [6.45, 7) is -0.165. The van der Waals surface area contributed by atoms with E-state index >= 15 is 0 Å². The molecule has 10 atom stereocenters. The molecule has 7 heterocycles. The van der Waals surface area contributed by atoms with E-state index in [0.29, 0.717) is 55.6 Å². The standard InChI is InChI=1S/C16H17N5O7S.C10H14FN5O3.C10H15FN4O3.Os/c1-18-16(13(8-17-18)21(24)25)15-7-6-12-14(9-28-15)19(12)29(26,27)11-4-2-10(3-5-11)20(22)23;1-15-10(8(4-13-15)16(17)18)9-3-2-7(14-12)6(11)5-19-9;1-14-10(8(4-13-14)15(16)17)9-3-2-7(12)6(11)5-18-9;/h2-5,8,12,14-15H,6-7,9H2,1H3;4,6-7,9,14H,2-3,5H2,1H3;4,6-7,9H,2-3,5,12H2,1H3;/t12-,14+,15?,19?;2*6-,7-,9?;/m111./s1. The van der Waals surface area contributed by atoms with Gasteiger partial charge in [0.25, 0.3) is 5.69 Å². The number of ether oxygens (including phenoxy) is 3.